The van der Waals surface area contributed by atoms with Crippen LogP contribution in [0.4, 0.5) is 5.95 Å². The summed E-state index contributed by atoms with van der Waals surface area (Å²) in [6.45, 7) is 2.41. The van der Waals surface area contributed by atoms with Crippen molar-refractivity contribution in [3.63, 3.8) is 0 Å². The maximum atomic E-state index is 12.6. The molecule has 4 rings (SSSR count). The van der Waals surface area contributed by atoms with E-state index in [0.717, 1.165) is 42.5 Å². The molecule has 0 bridgehead atoms. The summed E-state index contributed by atoms with van der Waals surface area (Å²) in [4.78, 5) is 23.6. The molecule has 1 aliphatic rings. The quantitative estimate of drug-likeness (QED) is 0.710. The lowest BCUT2D eigenvalue weighted by Gasteiger charge is -2.31. The zero-order valence-corrected chi connectivity index (χ0v) is 15.1. The topological polar surface area (TPSA) is 51.0 Å². The number of benzene rings is 1. The number of hydrogen-bond acceptors (Lipinski definition) is 4. The van der Waals surface area contributed by atoms with Crippen LogP contribution in [0.1, 0.15) is 12.0 Å². The second kappa shape index (κ2) is 7.30. The molecule has 3 heterocycles. The molecule has 3 aromatic rings. The molecule has 6 heteroatoms. The zero-order chi connectivity index (χ0) is 17.9. The van der Waals surface area contributed by atoms with Crippen LogP contribution in [0.2, 0.25) is 5.02 Å². The van der Waals surface area contributed by atoms with E-state index in [2.05, 4.69) is 16.0 Å². The fraction of sp³-hybridized carbons (Fsp3) is 0.250. The van der Waals surface area contributed by atoms with Crippen LogP contribution in [0.25, 0.3) is 11.3 Å². The lowest BCUT2D eigenvalue weighted by Crippen LogP contribution is -2.39. The smallest absolute Gasteiger partial charge is 0.255 e. The molecule has 0 aliphatic carbocycles. The Labute approximate surface area is 156 Å². The molecule has 26 heavy (non-hydrogen) atoms. The van der Waals surface area contributed by atoms with E-state index in [9.17, 15) is 4.79 Å². The number of anilines is 1. The third kappa shape index (κ3) is 3.48. The van der Waals surface area contributed by atoms with Gasteiger partial charge in [0, 0.05) is 48.7 Å². The van der Waals surface area contributed by atoms with E-state index in [1.807, 2.05) is 30.3 Å². The minimum atomic E-state index is -0.00531. The van der Waals surface area contributed by atoms with Crippen LogP contribution >= 0.6 is 11.6 Å². The summed E-state index contributed by atoms with van der Waals surface area (Å²) in [5, 5.41) is 0.746. The molecular formula is C20H19ClN4O. The molecule has 0 amide bonds. The van der Waals surface area contributed by atoms with Gasteiger partial charge in [-0.2, -0.15) is 0 Å². The minimum absolute atomic E-state index is 0.00531. The Bertz CT molecular complexity index is 971. The molecule has 5 nitrogen and oxygen atoms in total. The first-order valence-electron chi connectivity index (χ1n) is 8.72. The Kier molecular flexibility index (Phi) is 4.71. The van der Waals surface area contributed by atoms with Crippen molar-refractivity contribution in [1.82, 2.24) is 14.5 Å². The van der Waals surface area contributed by atoms with Gasteiger partial charge in [-0.15, -0.1) is 0 Å². The van der Waals surface area contributed by atoms with Crippen LogP contribution in [-0.2, 0) is 13.0 Å². The van der Waals surface area contributed by atoms with Gasteiger partial charge in [-0.3, -0.25) is 14.3 Å². The Hall–Kier alpha value is -2.66. The monoisotopic (exact) mass is 366 g/mol. The van der Waals surface area contributed by atoms with Crippen molar-refractivity contribution in [1.29, 1.82) is 0 Å². The second-order valence-electron chi connectivity index (χ2n) is 6.39. The Balaban J connectivity index is 1.64. The molecule has 0 atom stereocenters. The van der Waals surface area contributed by atoms with Gasteiger partial charge in [-0.1, -0.05) is 23.7 Å². The SMILES string of the molecule is O=c1cc(-c2ccncc2)nc2n1CCCN2CCc1cccc(Cl)c1. The Morgan fingerprint density at radius 2 is 1.92 bits per heavy atom. The zero-order valence-electron chi connectivity index (χ0n) is 14.3. The number of aromatic nitrogens is 3. The maximum absolute atomic E-state index is 12.6. The van der Waals surface area contributed by atoms with Gasteiger partial charge in [-0.25, -0.2) is 4.98 Å². The molecule has 0 saturated heterocycles. The van der Waals surface area contributed by atoms with Gasteiger partial charge >= 0.3 is 0 Å². The van der Waals surface area contributed by atoms with Crippen LogP contribution in [0.5, 0.6) is 0 Å². The molecule has 2 aromatic heterocycles. The van der Waals surface area contributed by atoms with E-state index in [-0.39, 0.29) is 5.56 Å². The Morgan fingerprint density at radius 1 is 1.08 bits per heavy atom. The first-order chi connectivity index (χ1) is 12.7. The largest absolute Gasteiger partial charge is 0.342 e. The van der Waals surface area contributed by atoms with Gasteiger partial charge in [0.25, 0.3) is 5.56 Å². The van der Waals surface area contributed by atoms with Crippen LogP contribution in [0.15, 0.2) is 59.7 Å². The van der Waals surface area contributed by atoms with Crippen LogP contribution in [-0.4, -0.2) is 27.6 Å². The second-order valence-corrected chi connectivity index (χ2v) is 6.82. The van der Waals surface area contributed by atoms with Crippen molar-refractivity contribution in [3.8, 4) is 11.3 Å². The summed E-state index contributed by atoms with van der Waals surface area (Å²) in [6.07, 6.45) is 5.23. The van der Waals surface area contributed by atoms with Gasteiger partial charge in [-0.05, 0) is 42.7 Å². The summed E-state index contributed by atoms with van der Waals surface area (Å²) >= 11 is 6.08. The first kappa shape index (κ1) is 16.8. The van der Waals surface area contributed by atoms with Crippen molar-refractivity contribution < 1.29 is 0 Å². The summed E-state index contributed by atoms with van der Waals surface area (Å²) in [6, 6.07) is 13.3. The Morgan fingerprint density at radius 3 is 2.73 bits per heavy atom. The van der Waals surface area contributed by atoms with Gasteiger partial charge in [0.1, 0.15) is 0 Å². The average Bonchev–Trinajstić information content (AvgIpc) is 2.67. The van der Waals surface area contributed by atoms with Crippen LogP contribution in [0, 0.1) is 0 Å². The molecule has 1 aromatic carbocycles. The van der Waals surface area contributed by atoms with Crippen LogP contribution in [0.3, 0.4) is 0 Å². The molecular weight excluding hydrogens is 348 g/mol. The number of fused-ring (bicyclic) bond motifs is 1. The number of pyridine rings is 1. The number of halogens is 1. The fourth-order valence-electron chi connectivity index (χ4n) is 3.30. The lowest BCUT2D eigenvalue weighted by atomic mass is 10.1. The van der Waals surface area contributed by atoms with Crippen molar-refractivity contribution in [2.75, 3.05) is 18.0 Å². The van der Waals surface area contributed by atoms with E-state index in [0.29, 0.717) is 12.2 Å². The van der Waals surface area contributed by atoms with Gasteiger partial charge in [0.15, 0.2) is 0 Å². The third-order valence-electron chi connectivity index (χ3n) is 4.62. The number of rotatable bonds is 4. The molecule has 0 spiro atoms. The van der Waals surface area contributed by atoms with Gasteiger partial charge < -0.3 is 4.90 Å². The fourth-order valence-corrected chi connectivity index (χ4v) is 3.52. The third-order valence-corrected chi connectivity index (χ3v) is 4.85. The predicted octanol–water partition coefficient (Wildman–Crippen LogP) is 3.41. The standard InChI is InChI=1S/C20H19ClN4O/c21-17-4-1-3-15(13-17)7-12-24-10-2-11-25-19(26)14-18(23-20(24)25)16-5-8-22-9-6-16/h1,3-6,8-9,13-14H,2,7,10-12H2. The highest BCUT2D eigenvalue weighted by Crippen LogP contribution is 2.22. The normalized spacial score (nSPS) is 13.5. The summed E-state index contributed by atoms with van der Waals surface area (Å²) in [5.74, 6) is 0.748. The first-order valence-corrected chi connectivity index (χ1v) is 9.10. The minimum Gasteiger partial charge on any atom is -0.342 e. The van der Waals surface area contributed by atoms with E-state index < -0.39 is 0 Å². The highest BCUT2D eigenvalue weighted by Gasteiger charge is 2.20. The molecule has 0 N–H and O–H groups in total. The maximum Gasteiger partial charge on any atom is 0.255 e. The molecule has 1 aliphatic heterocycles. The summed E-state index contributed by atoms with van der Waals surface area (Å²) in [5.41, 5.74) is 2.77. The molecule has 0 radical (unpaired) electrons. The molecule has 0 fully saturated rings. The highest BCUT2D eigenvalue weighted by molar-refractivity contribution is 6.30. The van der Waals surface area contributed by atoms with Crippen molar-refractivity contribution >= 4 is 17.5 Å². The van der Waals surface area contributed by atoms with Crippen molar-refractivity contribution in [2.24, 2.45) is 0 Å². The van der Waals surface area contributed by atoms with E-state index in [4.69, 9.17) is 16.6 Å². The lowest BCUT2D eigenvalue weighted by molar-refractivity contribution is 0.532. The van der Waals surface area contributed by atoms with Crippen LogP contribution < -0.4 is 10.5 Å². The van der Waals surface area contributed by atoms with Gasteiger partial charge in [0.05, 0.1) is 5.69 Å². The van der Waals surface area contributed by atoms with Crippen molar-refractivity contribution in [3.05, 3.63) is 75.8 Å². The molecule has 0 saturated carbocycles. The highest BCUT2D eigenvalue weighted by atomic mass is 35.5. The molecule has 132 valence electrons. The molecule has 0 unspecified atom stereocenters. The summed E-state index contributed by atoms with van der Waals surface area (Å²) in [7, 11) is 0. The van der Waals surface area contributed by atoms with E-state index >= 15 is 0 Å². The number of hydrogen-bond donors (Lipinski definition) is 0. The predicted molar refractivity (Wildman–Crippen MR) is 104 cm³/mol. The van der Waals surface area contributed by atoms with Gasteiger partial charge in [0.2, 0.25) is 5.95 Å². The van der Waals surface area contributed by atoms with E-state index in [1.54, 1.807) is 23.0 Å². The van der Waals surface area contributed by atoms with E-state index in [1.165, 1.54) is 5.56 Å². The average molecular weight is 367 g/mol. The number of nitrogens with zero attached hydrogens (tertiary/aromatic N) is 4. The van der Waals surface area contributed by atoms with Crippen molar-refractivity contribution in [2.45, 2.75) is 19.4 Å². The summed E-state index contributed by atoms with van der Waals surface area (Å²) < 4.78 is 1.77.